The summed E-state index contributed by atoms with van der Waals surface area (Å²) in [5.74, 6) is 5.17. The molecular weight excluding hydrogens is 298 g/mol. The van der Waals surface area contributed by atoms with Gasteiger partial charge in [0.05, 0.1) is 5.02 Å². The Kier molecular flexibility index (Phi) is 5.38. The Balaban J connectivity index is 2.04. The van der Waals surface area contributed by atoms with Crippen molar-refractivity contribution in [1.29, 1.82) is 0 Å². The highest BCUT2D eigenvalue weighted by atomic mass is 35.5. The first kappa shape index (κ1) is 15.3. The molecule has 1 unspecified atom stereocenters. The molecule has 2 nitrogen and oxygen atoms in total. The third kappa shape index (κ3) is 4.18. The summed E-state index contributed by atoms with van der Waals surface area (Å²) >= 11 is 11.6. The minimum Gasteiger partial charge on any atom is -0.271 e. The van der Waals surface area contributed by atoms with Crippen LogP contribution in [0, 0.1) is 5.82 Å². The molecule has 0 aromatic heterocycles. The summed E-state index contributed by atoms with van der Waals surface area (Å²) in [5, 5.41) is 0.834. The highest BCUT2D eigenvalue weighted by Crippen LogP contribution is 2.18. The van der Waals surface area contributed by atoms with Crippen LogP contribution in [-0.4, -0.2) is 6.04 Å². The van der Waals surface area contributed by atoms with E-state index in [1.165, 1.54) is 6.07 Å². The van der Waals surface area contributed by atoms with E-state index in [9.17, 15) is 4.39 Å². The van der Waals surface area contributed by atoms with Crippen molar-refractivity contribution >= 4 is 23.2 Å². The third-order valence-corrected chi connectivity index (χ3v) is 3.64. The molecule has 0 amide bonds. The molecule has 2 aromatic carbocycles. The average molecular weight is 313 g/mol. The quantitative estimate of drug-likeness (QED) is 0.652. The van der Waals surface area contributed by atoms with Crippen molar-refractivity contribution in [3.8, 4) is 0 Å². The van der Waals surface area contributed by atoms with Gasteiger partial charge in [-0.3, -0.25) is 11.3 Å². The topological polar surface area (TPSA) is 38.0 Å². The Bertz CT molecular complexity index is 573. The lowest BCUT2D eigenvalue weighted by Gasteiger charge is -2.16. The van der Waals surface area contributed by atoms with Crippen LogP contribution < -0.4 is 11.3 Å². The van der Waals surface area contributed by atoms with Crippen LogP contribution in [0.4, 0.5) is 4.39 Å². The fourth-order valence-electron chi connectivity index (χ4n) is 2.05. The molecule has 0 heterocycles. The van der Waals surface area contributed by atoms with Crippen LogP contribution in [0.15, 0.2) is 42.5 Å². The number of halogens is 3. The molecular formula is C15H15Cl2FN2. The van der Waals surface area contributed by atoms with Crippen molar-refractivity contribution in [2.75, 3.05) is 0 Å². The van der Waals surface area contributed by atoms with Crippen LogP contribution in [-0.2, 0) is 12.8 Å². The first-order valence-corrected chi connectivity index (χ1v) is 6.98. The van der Waals surface area contributed by atoms with Gasteiger partial charge < -0.3 is 0 Å². The Labute approximate surface area is 127 Å². The van der Waals surface area contributed by atoms with Crippen molar-refractivity contribution < 1.29 is 4.39 Å². The Morgan fingerprint density at radius 1 is 1.00 bits per heavy atom. The molecule has 0 aliphatic heterocycles. The van der Waals surface area contributed by atoms with Gasteiger partial charge in [-0.25, -0.2) is 4.39 Å². The maximum atomic E-state index is 13.1. The second-order valence-electron chi connectivity index (χ2n) is 4.65. The van der Waals surface area contributed by atoms with Gasteiger partial charge in [-0.2, -0.15) is 0 Å². The maximum absolute atomic E-state index is 13.1. The lowest BCUT2D eigenvalue weighted by molar-refractivity contribution is 0.522. The molecule has 0 bridgehead atoms. The van der Waals surface area contributed by atoms with Crippen LogP contribution in [0.1, 0.15) is 11.1 Å². The summed E-state index contributed by atoms with van der Waals surface area (Å²) in [7, 11) is 0. The van der Waals surface area contributed by atoms with E-state index in [1.807, 2.05) is 24.3 Å². The normalized spacial score (nSPS) is 12.4. The van der Waals surface area contributed by atoms with Crippen molar-refractivity contribution in [2.24, 2.45) is 5.84 Å². The first-order chi connectivity index (χ1) is 9.58. The summed E-state index contributed by atoms with van der Waals surface area (Å²) in [6.07, 6.45) is 1.42. The molecule has 5 heteroatoms. The molecule has 106 valence electrons. The number of hydrazine groups is 1. The predicted molar refractivity (Wildman–Crippen MR) is 81.4 cm³/mol. The van der Waals surface area contributed by atoms with E-state index in [-0.39, 0.29) is 11.1 Å². The van der Waals surface area contributed by atoms with Gasteiger partial charge in [-0.05, 0) is 48.2 Å². The zero-order chi connectivity index (χ0) is 14.5. The zero-order valence-electron chi connectivity index (χ0n) is 10.7. The molecule has 0 radical (unpaired) electrons. The van der Waals surface area contributed by atoms with Gasteiger partial charge >= 0.3 is 0 Å². The van der Waals surface area contributed by atoms with E-state index in [4.69, 9.17) is 29.0 Å². The largest absolute Gasteiger partial charge is 0.271 e. The van der Waals surface area contributed by atoms with Crippen LogP contribution in [0.25, 0.3) is 0 Å². The molecule has 20 heavy (non-hydrogen) atoms. The molecule has 0 saturated carbocycles. The summed E-state index contributed by atoms with van der Waals surface area (Å²) in [6.45, 7) is 0. The summed E-state index contributed by atoms with van der Waals surface area (Å²) in [4.78, 5) is 0. The van der Waals surface area contributed by atoms with Gasteiger partial charge in [0.25, 0.3) is 0 Å². The van der Waals surface area contributed by atoms with Gasteiger partial charge in [0, 0.05) is 11.1 Å². The van der Waals surface area contributed by atoms with E-state index in [0.29, 0.717) is 11.4 Å². The molecule has 0 aliphatic rings. The molecule has 2 aromatic rings. The predicted octanol–water partition coefficient (Wildman–Crippen LogP) is 3.75. The summed E-state index contributed by atoms with van der Waals surface area (Å²) in [6, 6.07) is 12.4. The van der Waals surface area contributed by atoms with Gasteiger partial charge in [0.1, 0.15) is 5.82 Å². The Hall–Kier alpha value is -1.13. The van der Waals surface area contributed by atoms with E-state index in [1.54, 1.807) is 12.1 Å². The van der Waals surface area contributed by atoms with Crippen LogP contribution >= 0.6 is 23.2 Å². The second kappa shape index (κ2) is 7.04. The van der Waals surface area contributed by atoms with Crippen molar-refractivity contribution in [1.82, 2.24) is 5.43 Å². The Morgan fingerprint density at radius 3 is 2.20 bits per heavy atom. The average Bonchev–Trinajstić information content (AvgIpc) is 2.44. The number of hydrogen-bond donors (Lipinski definition) is 2. The van der Waals surface area contributed by atoms with E-state index >= 15 is 0 Å². The smallest absolute Gasteiger partial charge is 0.141 e. The molecule has 2 rings (SSSR count). The molecule has 0 fully saturated rings. The van der Waals surface area contributed by atoms with E-state index in [0.717, 1.165) is 17.5 Å². The molecule has 0 saturated heterocycles. The first-order valence-electron chi connectivity index (χ1n) is 6.23. The summed E-state index contributed by atoms with van der Waals surface area (Å²) < 4.78 is 13.1. The monoisotopic (exact) mass is 312 g/mol. The fourth-order valence-corrected chi connectivity index (χ4v) is 2.38. The number of benzene rings is 2. The number of rotatable bonds is 5. The zero-order valence-corrected chi connectivity index (χ0v) is 12.3. The highest BCUT2D eigenvalue weighted by molar-refractivity contribution is 6.31. The lowest BCUT2D eigenvalue weighted by atomic mass is 9.99. The molecule has 0 aliphatic carbocycles. The standard InChI is InChI=1S/C15H15Cl2FN2/c16-12-4-1-10(2-5-12)7-13(20-19)8-11-3-6-15(18)14(17)9-11/h1-6,9,13,20H,7-8,19H2. The number of hydrogen-bond acceptors (Lipinski definition) is 2. The van der Waals surface area contributed by atoms with Gasteiger partial charge in [0.15, 0.2) is 0 Å². The fraction of sp³-hybridized carbons (Fsp3) is 0.200. The molecule has 0 spiro atoms. The van der Waals surface area contributed by atoms with Crippen molar-refractivity contribution in [2.45, 2.75) is 18.9 Å². The van der Waals surface area contributed by atoms with Crippen molar-refractivity contribution in [3.63, 3.8) is 0 Å². The van der Waals surface area contributed by atoms with Gasteiger partial charge in [-0.1, -0.05) is 41.4 Å². The second-order valence-corrected chi connectivity index (χ2v) is 5.49. The molecule has 3 N–H and O–H groups in total. The SMILES string of the molecule is NNC(Cc1ccc(Cl)cc1)Cc1ccc(F)c(Cl)c1. The third-order valence-electron chi connectivity index (χ3n) is 3.10. The van der Waals surface area contributed by atoms with Gasteiger partial charge in [0.2, 0.25) is 0 Å². The summed E-state index contributed by atoms with van der Waals surface area (Å²) in [5.41, 5.74) is 4.85. The highest BCUT2D eigenvalue weighted by Gasteiger charge is 2.10. The van der Waals surface area contributed by atoms with Crippen LogP contribution in [0.3, 0.4) is 0 Å². The minimum atomic E-state index is -0.412. The lowest BCUT2D eigenvalue weighted by Crippen LogP contribution is -2.38. The Morgan fingerprint density at radius 2 is 1.60 bits per heavy atom. The van der Waals surface area contributed by atoms with E-state index in [2.05, 4.69) is 5.43 Å². The van der Waals surface area contributed by atoms with E-state index < -0.39 is 5.82 Å². The van der Waals surface area contributed by atoms with Crippen molar-refractivity contribution in [3.05, 3.63) is 69.5 Å². The number of nitrogens with two attached hydrogens (primary N) is 1. The minimum absolute atomic E-state index is 0.0395. The maximum Gasteiger partial charge on any atom is 0.141 e. The van der Waals surface area contributed by atoms with Crippen LogP contribution in [0.2, 0.25) is 10.0 Å². The number of nitrogens with one attached hydrogen (secondary N) is 1. The molecule has 1 atom stereocenters. The van der Waals surface area contributed by atoms with Crippen LogP contribution in [0.5, 0.6) is 0 Å². The van der Waals surface area contributed by atoms with Gasteiger partial charge in [-0.15, -0.1) is 0 Å².